The summed E-state index contributed by atoms with van der Waals surface area (Å²) in [6, 6.07) is 0. The van der Waals surface area contributed by atoms with Gasteiger partial charge in [-0.05, 0) is 12.3 Å². The topological polar surface area (TPSA) is 35.2 Å². The van der Waals surface area contributed by atoms with Crippen LogP contribution >= 0.6 is 0 Å². The van der Waals surface area contributed by atoms with Gasteiger partial charge >= 0.3 is 0 Å². The van der Waals surface area contributed by atoms with E-state index in [1.807, 2.05) is 0 Å². The minimum absolute atomic E-state index is 0.633. The second-order valence-electron chi connectivity index (χ2n) is 1.03. The maximum Gasteiger partial charge on any atom is 0.204 e. The van der Waals surface area contributed by atoms with Crippen LogP contribution < -0.4 is 5.73 Å². The fraction of sp³-hybridized carbons (Fsp3) is 0. The lowest BCUT2D eigenvalue weighted by Gasteiger charge is -1.93. The molecule has 0 saturated carbocycles. The van der Waals surface area contributed by atoms with Gasteiger partial charge in [-0.3, -0.25) is 0 Å². The first-order valence-electron chi connectivity index (χ1n) is 1.92. The van der Waals surface area contributed by atoms with Gasteiger partial charge in [-0.1, -0.05) is 6.58 Å². The van der Waals surface area contributed by atoms with E-state index in [4.69, 9.17) is 10.2 Å². The predicted molar refractivity (Wildman–Crippen MR) is 33.5 cm³/mol. The lowest BCUT2D eigenvalue weighted by molar-refractivity contribution is 0.495. The molecule has 0 radical (unpaired) electrons. The molecule has 0 atom stereocenters. The first-order chi connectivity index (χ1) is 3.31. The lowest BCUT2D eigenvalue weighted by Crippen LogP contribution is -1.82. The quantitative estimate of drug-likeness (QED) is 0.292. The van der Waals surface area contributed by atoms with Crippen molar-refractivity contribution >= 4 is 10.5 Å². The molecule has 0 amide bonds. The van der Waals surface area contributed by atoms with E-state index in [2.05, 4.69) is 6.58 Å². The third-order valence-electron chi connectivity index (χ3n) is 0.544. The second-order valence-corrected chi connectivity index (χ2v) is 1.44. The van der Waals surface area contributed by atoms with Crippen molar-refractivity contribution in [2.24, 2.45) is 5.73 Å². The zero-order valence-electron chi connectivity index (χ0n) is 4.35. The summed E-state index contributed by atoms with van der Waals surface area (Å²) in [7, 11) is 0.681. The van der Waals surface area contributed by atoms with E-state index in [9.17, 15) is 0 Å². The summed E-state index contributed by atoms with van der Waals surface area (Å²) in [6.45, 7) is 3.51. The Morgan fingerprint density at radius 1 is 1.86 bits per heavy atom. The van der Waals surface area contributed by atoms with Crippen LogP contribution in [0.15, 0.2) is 24.6 Å². The normalized spacial score (nSPS) is 9.71. The molecule has 0 spiro atoms. The van der Waals surface area contributed by atoms with Gasteiger partial charge in [0.1, 0.15) is 0 Å². The van der Waals surface area contributed by atoms with Crippen LogP contribution in [0.4, 0.5) is 0 Å². The van der Waals surface area contributed by atoms with E-state index < -0.39 is 0 Å². The van der Waals surface area contributed by atoms with Crippen LogP contribution in [-0.4, -0.2) is 10.5 Å². The standard InChI is InChI=1S/C4H9NOSi/c1-4(6-7)2-3-5/h2-3H,1,5H2,7H3/b3-2+. The Kier molecular flexibility index (Phi) is 3.14. The summed E-state index contributed by atoms with van der Waals surface area (Å²) in [5, 5.41) is 0. The first-order valence-corrected chi connectivity index (χ1v) is 2.74. The SMILES string of the molecule is C=C(/C=C/N)O[SiH3]. The van der Waals surface area contributed by atoms with Gasteiger partial charge in [0.15, 0.2) is 0 Å². The molecule has 0 unspecified atom stereocenters. The van der Waals surface area contributed by atoms with E-state index in [1.54, 1.807) is 6.08 Å². The van der Waals surface area contributed by atoms with Crippen molar-refractivity contribution in [3.63, 3.8) is 0 Å². The highest BCUT2D eigenvalue weighted by atomic mass is 28.2. The Morgan fingerprint density at radius 2 is 2.43 bits per heavy atom. The maximum absolute atomic E-state index is 5.00. The molecule has 0 bridgehead atoms. The highest BCUT2D eigenvalue weighted by molar-refractivity contribution is 5.98. The summed E-state index contributed by atoms with van der Waals surface area (Å²) < 4.78 is 4.77. The van der Waals surface area contributed by atoms with Crippen molar-refractivity contribution in [3.05, 3.63) is 24.6 Å². The minimum Gasteiger partial charge on any atom is -0.554 e. The molecule has 7 heavy (non-hydrogen) atoms. The molecular weight excluding hydrogens is 106 g/mol. The summed E-state index contributed by atoms with van der Waals surface area (Å²) in [4.78, 5) is 0. The van der Waals surface area contributed by atoms with Crippen molar-refractivity contribution in [1.82, 2.24) is 0 Å². The van der Waals surface area contributed by atoms with E-state index >= 15 is 0 Å². The summed E-state index contributed by atoms with van der Waals surface area (Å²) in [5.41, 5.74) is 5.00. The highest BCUT2D eigenvalue weighted by Gasteiger charge is 1.74. The molecule has 0 aromatic rings. The summed E-state index contributed by atoms with van der Waals surface area (Å²) >= 11 is 0. The second kappa shape index (κ2) is 3.49. The van der Waals surface area contributed by atoms with Gasteiger partial charge in [0.05, 0.1) is 5.76 Å². The molecule has 0 fully saturated rings. The molecule has 0 saturated heterocycles. The predicted octanol–water partition coefficient (Wildman–Crippen LogP) is -0.730. The van der Waals surface area contributed by atoms with Gasteiger partial charge in [0.25, 0.3) is 0 Å². The molecule has 0 aromatic carbocycles. The summed E-state index contributed by atoms with van der Waals surface area (Å²) in [5.74, 6) is 0.633. The van der Waals surface area contributed by atoms with Crippen LogP contribution in [0.1, 0.15) is 0 Å². The largest absolute Gasteiger partial charge is 0.554 e. The van der Waals surface area contributed by atoms with Gasteiger partial charge in [-0.2, -0.15) is 0 Å². The molecule has 0 aliphatic carbocycles. The van der Waals surface area contributed by atoms with Gasteiger partial charge in [0.2, 0.25) is 10.5 Å². The van der Waals surface area contributed by atoms with Crippen LogP contribution in [0, 0.1) is 0 Å². The highest BCUT2D eigenvalue weighted by Crippen LogP contribution is 1.87. The van der Waals surface area contributed by atoms with Crippen LogP contribution in [0.3, 0.4) is 0 Å². The monoisotopic (exact) mass is 115 g/mol. The zero-order valence-corrected chi connectivity index (χ0v) is 6.35. The number of rotatable bonds is 2. The van der Waals surface area contributed by atoms with Gasteiger partial charge in [-0.25, -0.2) is 0 Å². The molecule has 2 nitrogen and oxygen atoms in total. The van der Waals surface area contributed by atoms with Crippen molar-refractivity contribution in [1.29, 1.82) is 0 Å². The van der Waals surface area contributed by atoms with Crippen molar-refractivity contribution < 1.29 is 4.43 Å². The average Bonchev–Trinajstić information content (AvgIpc) is 1.68. The lowest BCUT2D eigenvalue weighted by atomic mass is 10.5. The van der Waals surface area contributed by atoms with Gasteiger partial charge in [0, 0.05) is 0 Å². The third-order valence-corrected chi connectivity index (χ3v) is 1.07. The molecule has 0 rings (SSSR count). The molecule has 0 aromatic heterocycles. The van der Waals surface area contributed by atoms with Crippen molar-refractivity contribution in [3.8, 4) is 0 Å². The van der Waals surface area contributed by atoms with E-state index in [1.165, 1.54) is 6.20 Å². The number of nitrogens with two attached hydrogens (primary N) is 1. The fourth-order valence-corrected chi connectivity index (χ4v) is 0.311. The van der Waals surface area contributed by atoms with E-state index in [-0.39, 0.29) is 0 Å². The minimum atomic E-state index is 0.633. The Bertz CT molecular complexity index is 89.7. The van der Waals surface area contributed by atoms with Crippen LogP contribution in [0.5, 0.6) is 0 Å². The Morgan fingerprint density at radius 3 is 2.57 bits per heavy atom. The number of hydrogen-bond donors (Lipinski definition) is 1. The fourth-order valence-electron chi connectivity index (χ4n) is 0.175. The average molecular weight is 115 g/mol. The Balaban J connectivity index is 3.37. The van der Waals surface area contributed by atoms with E-state index in [0.29, 0.717) is 16.2 Å². The molecule has 3 heteroatoms. The van der Waals surface area contributed by atoms with Crippen LogP contribution in [-0.2, 0) is 4.43 Å². The van der Waals surface area contributed by atoms with E-state index in [0.717, 1.165) is 0 Å². The van der Waals surface area contributed by atoms with Crippen LogP contribution in [0.2, 0.25) is 0 Å². The smallest absolute Gasteiger partial charge is 0.204 e. The molecule has 0 heterocycles. The Hall–Kier alpha value is -0.703. The molecule has 0 aliphatic rings. The van der Waals surface area contributed by atoms with Gasteiger partial charge < -0.3 is 10.2 Å². The van der Waals surface area contributed by atoms with Crippen LogP contribution in [0.25, 0.3) is 0 Å². The summed E-state index contributed by atoms with van der Waals surface area (Å²) in [6.07, 6.45) is 3.02. The number of allylic oxidation sites excluding steroid dienone is 1. The van der Waals surface area contributed by atoms with Crippen molar-refractivity contribution in [2.45, 2.75) is 0 Å². The maximum atomic E-state index is 5.00. The Labute approximate surface area is 46.2 Å². The third kappa shape index (κ3) is 3.12. The van der Waals surface area contributed by atoms with Crippen molar-refractivity contribution in [2.75, 3.05) is 0 Å². The molecule has 2 N–H and O–H groups in total. The first kappa shape index (κ1) is 6.30. The molecular formula is C4H9NOSi. The zero-order chi connectivity index (χ0) is 5.70. The number of hydrogen-bond acceptors (Lipinski definition) is 2. The molecule has 0 aliphatic heterocycles. The molecule has 40 valence electrons. The van der Waals surface area contributed by atoms with Gasteiger partial charge in [-0.15, -0.1) is 0 Å².